The second kappa shape index (κ2) is 4.28. The van der Waals surface area contributed by atoms with Gasteiger partial charge in [0.15, 0.2) is 0 Å². The fourth-order valence-corrected chi connectivity index (χ4v) is 1.67. The highest BCUT2D eigenvalue weighted by atomic mass is 79.9. The quantitative estimate of drug-likeness (QED) is 0.861. The molecule has 1 heterocycles. The van der Waals surface area contributed by atoms with Crippen molar-refractivity contribution in [2.45, 2.75) is 0 Å². The third kappa shape index (κ3) is 2.35. The van der Waals surface area contributed by atoms with Gasteiger partial charge in [0.25, 0.3) is 0 Å². The maximum absolute atomic E-state index is 12.9. The summed E-state index contributed by atoms with van der Waals surface area (Å²) in [5, 5.41) is 5.75. The third-order valence-corrected chi connectivity index (χ3v) is 2.95. The highest BCUT2D eigenvalue weighted by Crippen LogP contribution is 2.20. The van der Waals surface area contributed by atoms with E-state index >= 15 is 0 Å². The Balaban J connectivity index is 2.03. The second-order valence-electron chi connectivity index (χ2n) is 3.47. The van der Waals surface area contributed by atoms with Gasteiger partial charge < -0.3 is 10.6 Å². The van der Waals surface area contributed by atoms with E-state index in [-0.39, 0.29) is 17.6 Å². The molecule has 1 aliphatic rings. The predicted molar refractivity (Wildman–Crippen MR) is 59.1 cm³/mol. The number of hydrogen-bond acceptors (Lipinski definition) is 2. The first kappa shape index (κ1) is 10.6. The molecule has 0 bridgehead atoms. The van der Waals surface area contributed by atoms with Crippen molar-refractivity contribution >= 4 is 27.5 Å². The number of nitrogens with one attached hydrogen (secondary N) is 2. The Morgan fingerprint density at radius 3 is 2.80 bits per heavy atom. The lowest BCUT2D eigenvalue weighted by molar-refractivity contribution is -0.121. The van der Waals surface area contributed by atoms with Crippen LogP contribution in [0.25, 0.3) is 0 Å². The molecule has 2 rings (SSSR count). The van der Waals surface area contributed by atoms with Crippen molar-refractivity contribution in [2.24, 2.45) is 5.92 Å². The fourth-order valence-electron chi connectivity index (χ4n) is 1.29. The van der Waals surface area contributed by atoms with Crippen molar-refractivity contribution in [1.82, 2.24) is 5.32 Å². The Morgan fingerprint density at radius 2 is 2.27 bits per heavy atom. The van der Waals surface area contributed by atoms with Gasteiger partial charge in [0.2, 0.25) is 5.91 Å². The van der Waals surface area contributed by atoms with Crippen LogP contribution >= 0.6 is 15.9 Å². The molecular formula is C10H10BrFN2O. The average Bonchev–Trinajstić information content (AvgIpc) is 2.08. The molecule has 3 nitrogen and oxygen atoms in total. The van der Waals surface area contributed by atoms with Crippen molar-refractivity contribution in [3.05, 3.63) is 28.5 Å². The van der Waals surface area contributed by atoms with Gasteiger partial charge in [-0.15, -0.1) is 0 Å². The Kier molecular flexibility index (Phi) is 3.02. The second-order valence-corrected chi connectivity index (χ2v) is 4.33. The summed E-state index contributed by atoms with van der Waals surface area (Å²) in [6, 6.07) is 4.42. The Labute approximate surface area is 95.2 Å². The molecule has 1 aromatic rings. The van der Waals surface area contributed by atoms with Gasteiger partial charge in [-0.3, -0.25) is 4.79 Å². The lowest BCUT2D eigenvalue weighted by Gasteiger charge is -2.25. The first-order valence-corrected chi connectivity index (χ1v) is 5.43. The summed E-state index contributed by atoms with van der Waals surface area (Å²) in [7, 11) is 0. The lowest BCUT2D eigenvalue weighted by Crippen LogP contribution is -2.48. The summed E-state index contributed by atoms with van der Waals surface area (Å²) in [5.41, 5.74) is 0.611. The normalized spacial score (nSPS) is 15.9. The molecule has 1 fully saturated rings. The van der Waals surface area contributed by atoms with Crippen LogP contribution in [0.1, 0.15) is 0 Å². The van der Waals surface area contributed by atoms with Gasteiger partial charge in [0, 0.05) is 18.8 Å². The SMILES string of the molecule is O=C(Nc1ccc(F)c(Br)c1)C1CNC1. The Morgan fingerprint density at radius 1 is 1.53 bits per heavy atom. The van der Waals surface area contributed by atoms with Crippen LogP contribution in [0.5, 0.6) is 0 Å². The van der Waals surface area contributed by atoms with Gasteiger partial charge in [0.05, 0.1) is 10.4 Å². The largest absolute Gasteiger partial charge is 0.326 e. The van der Waals surface area contributed by atoms with E-state index in [0.29, 0.717) is 23.2 Å². The van der Waals surface area contributed by atoms with Crippen molar-refractivity contribution in [3.8, 4) is 0 Å². The summed E-state index contributed by atoms with van der Waals surface area (Å²) in [6.07, 6.45) is 0. The smallest absolute Gasteiger partial charge is 0.230 e. The standard InChI is InChI=1S/C10H10BrFN2O/c11-8-3-7(1-2-9(8)12)14-10(15)6-4-13-5-6/h1-3,6,13H,4-5H2,(H,14,15). The zero-order chi connectivity index (χ0) is 10.8. The minimum atomic E-state index is -0.335. The molecular weight excluding hydrogens is 263 g/mol. The monoisotopic (exact) mass is 272 g/mol. The molecule has 0 spiro atoms. The van der Waals surface area contributed by atoms with Crippen molar-refractivity contribution < 1.29 is 9.18 Å². The van der Waals surface area contributed by atoms with Gasteiger partial charge in [-0.05, 0) is 34.1 Å². The minimum Gasteiger partial charge on any atom is -0.326 e. The van der Waals surface area contributed by atoms with Crippen molar-refractivity contribution in [1.29, 1.82) is 0 Å². The van der Waals surface area contributed by atoms with E-state index in [1.165, 1.54) is 6.07 Å². The zero-order valence-electron chi connectivity index (χ0n) is 7.89. The summed E-state index contributed by atoms with van der Waals surface area (Å²) in [4.78, 5) is 11.5. The zero-order valence-corrected chi connectivity index (χ0v) is 9.47. The van der Waals surface area contributed by atoms with Gasteiger partial charge in [-0.1, -0.05) is 0 Å². The topological polar surface area (TPSA) is 41.1 Å². The Hall–Kier alpha value is -0.940. The maximum atomic E-state index is 12.9. The first-order valence-electron chi connectivity index (χ1n) is 4.63. The van der Waals surface area contributed by atoms with E-state index in [4.69, 9.17) is 0 Å². The molecule has 0 aliphatic carbocycles. The minimum absolute atomic E-state index is 0.0211. The van der Waals surface area contributed by atoms with E-state index < -0.39 is 0 Å². The lowest BCUT2D eigenvalue weighted by atomic mass is 10.0. The van der Waals surface area contributed by atoms with E-state index in [1.54, 1.807) is 12.1 Å². The molecule has 1 saturated heterocycles. The van der Waals surface area contributed by atoms with Crippen LogP contribution in [0.4, 0.5) is 10.1 Å². The summed E-state index contributed by atoms with van der Waals surface area (Å²) in [5.74, 6) is -0.320. The summed E-state index contributed by atoms with van der Waals surface area (Å²) < 4.78 is 13.3. The molecule has 5 heteroatoms. The number of hydrogen-bond donors (Lipinski definition) is 2. The third-order valence-electron chi connectivity index (χ3n) is 2.34. The van der Waals surface area contributed by atoms with Gasteiger partial charge in [-0.2, -0.15) is 0 Å². The molecule has 15 heavy (non-hydrogen) atoms. The van der Waals surface area contributed by atoms with Crippen LogP contribution < -0.4 is 10.6 Å². The van der Waals surface area contributed by atoms with Gasteiger partial charge >= 0.3 is 0 Å². The predicted octanol–water partition coefficient (Wildman–Crippen LogP) is 1.75. The molecule has 1 aromatic carbocycles. The number of rotatable bonds is 2. The van der Waals surface area contributed by atoms with Crippen LogP contribution in [0.3, 0.4) is 0 Å². The van der Waals surface area contributed by atoms with E-state index in [2.05, 4.69) is 26.6 Å². The van der Waals surface area contributed by atoms with Crippen LogP contribution in [-0.4, -0.2) is 19.0 Å². The molecule has 80 valence electrons. The molecule has 2 N–H and O–H groups in total. The molecule has 0 aromatic heterocycles. The summed E-state index contributed by atoms with van der Waals surface area (Å²) >= 11 is 3.07. The van der Waals surface area contributed by atoms with E-state index in [1.807, 2.05) is 0 Å². The molecule has 1 aliphatic heterocycles. The van der Waals surface area contributed by atoms with E-state index in [0.717, 1.165) is 0 Å². The fraction of sp³-hybridized carbons (Fsp3) is 0.300. The number of benzene rings is 1. The maximum Gasteiger partial charge on any atom is 0.230 e. The average molecular weight is 273 g/mol. The van der Waals surface area contributed by atoms with Crippen LogP contribution in [-0.2, 0) is 4.79 Å². The molecule has 0 saturated carbocycles. The number of anilines is 1. The van der Waals surface area contributed by atoms with Crippen LogP contribution in [0.2, 0.25) is 0 Å². The van der Waals surface area contributed by atoms with Crippen molar-refractivity contribution in [3.63, 3.8) is 0 Å². The number of carbonyl (C=O) groups excluding carboxylic acids is 1. The van der Waals surface area contributed by atoms with Crippen LogP contribution in [0, 0.1) is 11.7 Å². The highest BCUT2D eigenvalue weighted by molar-refractivity contribution is 9.10. The number of amides is 1. The van der Waals surface area contributed by atoms with Gasteiger partial charge in [0.1, 0.15) is 5.82 Å². The number of halogens is 2. The first-order chi connectivity index (χ1) is 7.16. The molecule has 1 amide bonds. The summed E-state index contributed by atoms with van der Waals surface area (Å²) in [6.45, 7) is 1.43. The molecule has 0 atom stereocenters. The van der Waals surface area contributed by atoms with E-state index in [9.17, 15) is 9.18 Å². The van der Waals surface area contributed by atoms with Crippen LogP contribution in [0.15, 0.2) is 22.7 Å². The van der Waals surface area contributed by atoms with Gasteiger partial charge in [-0.25, -0.2) is 4.39 Å². The Bertz CT molecular complexity index is 393. The molecule has 0 radical (unpaired) electrons. The highest BCUT2D eigenvalue weighted by Gasteiger charge is 2.24. The van der Waals surface area contributed by atoms with Crippen molar-refractivity contribution in [2.75, 3.05) is 18.4 Å². The molecule has 0 unspecified atom stereocenters. The number of carbonyl (C=O) groups is 1.